The highest BCUT2D eigenvalue weighted by atomic mass is 19.3. The maximum absolute atomic E-state index is 14.7. The Morgan fingerprint density at radius 1 is 0.789 bits per heavy atom. The number of benzene rings is 3. The van der Waals surface area contributed by atoms with Gasteiger partial charge in [-0.1, -0.05) is 44.0 Å². The molecule has 0 saturated heterocycles. The number of rotatable bonds is 8. The van der Waals surface area contributed by atoms with E-state index < -0.39 is 46.5 Å². The molecule has 1 aliphatic rings. The minimum atomic E-state index is -4.19. The van der Waals surface area contributed by atoms with Crippen LogP contribution in [0.25, 0.3) is 17.2 Å². The van der Waals surface area contributed by atoms with Gasteiger partial charge in [0.15, 0.2) is 17.5 Å². The molecule has 1 saturated carbocycles. The second-order valence-corrected chi connectivity index (χ2v) is 9.68. The van der Waals surface area contributed by atoms with Gasteiger partial charge in [0.1, 0.15) is 17.4 Å². The molecular weight excluding hydrogens is 509 g/mol. The van der Waals surface area contributed by atoms with Crippen LogP contribution in [-0.2, 0) is 0 Å². The van der Waals surface area contributed by atoms with E-state index >= 15 is 0 Å². The van der Waals surface area contributed by atoms with Crippen LogP contribution < -0.4 is 4.74 Å². The Hall–Kier alpha value is -3.29. The van der Waals surface area contributed by atoms with E-state index in [1.807, 2.05) is 12.1 Å². The summed E-state index contributed by atoms with van der Waals surface area (Å²) in [6.45, 7) is 2.20. The monoisotopic (exact) mass is 536 g/mol. The maximum atomic E-state index is 14.7. The summed E-state index contributed by atoms with van der Waals surface area (Å²) in [7, 11) is 0. The number of hydrogen-bond acceptors (Lipinski definition) is 1. The molecule has 3 aromatic carbocycles. The van der Waals surface area contributed by atoms with Gasteiger partial charge in [-0.3, -0.25) is 0 Å². The Balaban J connectivity index is 1.46. The lowest BCUT2D eigenvalue weighted by Gasteiger charge is -2.28. The molecule has 0 N–H and O–H groups in total. The molecule has 3 aromatic rings. The normalized spacial score (nSPS) is 18.2. The van der Waals surface area contributed by atoms with Crippen LogP contribution in [-0.4, -0.2) is 6.11 Å². The summed E-state index contributed by atoms with van der Waals surface area (Å²) in [5, 5.41) is 0. The van der Waals surface area contributed by atoms with Crippen molar-refractivity contribution < 1.29 is 35.5 Å². The highest BCUT2D eigenvalue weighted by Crippen LogP contribution is 2.38. The number of alkyl halides is 2. The van der Waals surface area contributed by atoms with Gasteiger partial charge in [0.05, 0.1) is 0 Å². The third-order valence-electron chi connectivity index (χ3n) is 6.99. The van der Waals surface area contributed by atoms with E-state index in [0.717, 1.165) is 30.9 Å². The van der Waals surface area contributed by atoms with E-state index in [4.69, 9.17) is 0 Å². The number of hydrogen-bond donors (Lipinski definition) is 0. The first-order valence-corrected chi connectivity index (χ1v) is 12.6. The molecule has 202 valence electrons. The van der Waals surface area contributed by atoms with E-state index in [-0.39, 0.29) is 23.8 Å². The van der Waals surface area contributed by atoms with Crippen molar-refractivity contribution in [3.63, 3.8) is 0 Å². The number of ether oxygens (including phenoxy) is 1. The fraction of sp³-hybridized carbons (Fsp3) is 0.333. The van der Waals surface area contributed by atoms with Gasteiger partial charge in [0, 0.05) is 23.8 Å². The van der Waals surface area contributed by atoms with Crippen LogP contribution in [0.15, 0.2) is 54.6 Å². The average Bonchev–Trinajstić information content (AvgIpc) is 2.87. The van der Waals surface area contributed by atoms with Gasteiger partial charge in [-0.05, 0) is 72.4 Å². The molecule has 0 aromatic heterocycles. The zero-order valence-corrected chi connectivity index (χ0v) is 20.7. The van der Waals surface area contributed by atoms with Crippen molar-refractivity contribution in [3.05, 3.63) is 94.8 Å². The predicted molar refractivity (Wildman–Crippen MR) is 132 cm³/mol. The lowest BCUT2D eigenvalue weighted by Crippen LogP contribution is -2.21. The third kappa shape index (κ3) is 6.58. The Labute approximate surface area is 217 Å². The lowest BCUT2D eigenvalue weighted by molar-refractivity contribution is -0.131. The smallest absolute Gasteiger partial charge is 0.419 e. The standard InChI is InChI=1S/C30H27F7O/c1-2-3-18-4-6-19(7-5-18)20-8-10-21(11-9-20)22-14-25(31)24(26(32)15-22)12-13-30(36,37)38-23-16-27(33)29(35)28(34)17-23/h8-19H,2-7H2,1H3. The molecular formula is C30H27F7O. The van der Waals surface area contributed by atoms with Crippen LogP contribution in [0.5, 0.6) is 5.75 Å². The fourth-order valence-corrected chi connectivity index (χ4v) is 5.01. The molecule has 4 rings (SSSR count). The van der Waals surface area contributed by atoms with E-state index in [0.29, 0.717) is 17.6 Å². The van der Waals surface area contributed by atoms with Crippen molar-refractivity contribution in [2.75, 3.05) is 0 Å². The first kappa shape index (κ1) is 27.7. The van der Waals surface area contributed by atoms with Crippen molar-refractivity contribution in [1.82, 2.24) is 0 Å². The van der Waals surface area contributed by atoms with E-state index in [1.54, 1.807) is 12.1 Å². The minimum Gasteiger partial charge on any atom is -0.429 e. The van der Waals surface area contributed by atoms with Crippen molar-refractivity contribution in [2.45, 2.75) is 57.5 Å². The van der Waals surface area contributed by atoms with E-state index in [1.165, 1.54) is 31.2 Å². The lowest BCUT2D eigenvalue weighted by atomic mass is 9.77. The Kier molecular flexibility index (Phi) is 8.48. The summed E-state index contributed by atoms with van der Waals surface area (Å²) in [4.78, 5) is 0. The summed E-state index contributed by atoms with van der Waals surface area (Å²) in [6, 6.07) is 10.1. The molecule has 0 bridgehead atoms. The van der Waals surface area contributed by atoms with Gasteiger partial charge >= 0.3 is 6.11 Å². The first-order chi connectivity index (χ1) is 18.1. The SMILES string of the molecule is CCCC1CCC(c2ccc(-c3cc(F)c(C=CC(F)(F)Oc4cc(F)c(F)c(F)c4)c(F)c3)cc2)CC1. The van der Waals surface area contributed by atoms with Crippen molar-refractivity contribution in [1.29, 1.82) is 0 Å². The third-order valence-corrected chi connectivity index (χ3v) is 6.99. The van der Waals surface area contributed by atoms with Gasteiger partial charge in [0.2, 0.25) is 0 Å². The summed E-state index contributed by atoms with van der Waals surface area (Å²) in [5.41, 5.74) is 1.27. The molecule has 0 amide bonds. The molecule has 1 fully saturated rings. The minimum absolute atomic E-state index is 0.0391. The highest BCUT2D eigenvalue weighted by molar-refractivity contribution is 5.67. The molecule has 0 unspecified atom stereocenters. The zero-order chi connectivity index (χ0) is 27.4. The quantitative estimate of drug-likeness (QED) is 0.206. The molecule has 0 heterocycles. The molecule has 0 radical (unpaired) electrons. The van der Waals surface area contributed by atoms with Crippen LogP contribution >= 0.6 is 0 Å². The van der Waals surface area contributed by atoms with Gasteiger partial charge in [-0.2, -0.15) is 8.78 Å². The Bertz CT molecular complexity index is 1250. The summed E-state index contributed by atoms with van der Waals surface area (Å²) < 4.78 is 101. The van der Waals surface area contributed by atoms with Gasteiger partial charge < -0.3 is 4.74 Å². The van der Waals surface area contributed by atoms with Crippen LogP contribution in [0.4, 0.5) is 30.7 Å². The molecule has 8 heteroatoms. The van der Waals surface area contributed by atoms with Crippen LogP contribution in [0, 0.1) is 35.0 Å². The molecule has 0 aliphatic heterocycles. The topological polar surface area (TPSA) is 9.23 Å². The highest BCUT2D eigenvalue weighted by Gasteiger charge is 2.29. The molecule has 0 atom stereocenters. The Morgan fingerprint density at radius 2 is 1.37 bits per heavy atom. The number of halogens is 7. The van der Waals surface area contributed by atoms with Gasteiger partial charge in [0.25, 0.3) is 0 Å². The predicted octanol–water partition coefficient (Wildman–Crippen LogP) is 9.81. The molecule has 1 aliphatic carbocycles. The zero-order valence-electron chi connectivity index (χ0n) is 20.7. The van der Waals surface area contributed by atoms with E-state index in [2.05, 4.69) is 11.7 Å². The van der Waals surface area contributed by atoms with Crippen molar-refractivity contribution >= 4 is 6.08 Å². The Morgan fingerprint density at radius 3 is 1.92 bits per heavy atom. The van der Waals surface area contributed by atoms with Crippen molar-refractivity contribution in [2.24, 2.45) is 5.92 Å². The maximum Gasteiger partial charge on any atom is 0.419 e. The van der Waals surface area contributed by atoms with Gasteiger partial charge in [-0.15, -0.1) is 0 Å². The van der Waals surface area contributed by atoms with Crippen LogP contribution in [0.1, 0.15) is 62.5 Å². The van der Waals surface area contributed by atoms with Crippen LogP contribution in [0.2, 0.25) is 0 Å². The summed E-state index contributed by atoms with van der Waals surface area (Å²) in [5.74, 6) is -7.19. The molecule has 0 spiro atoms. The summed E-state index contributed by atoms with van der Waals surface area (Å²) >= 11 is 0. The first-order valence-electron chi connectivity index (χ1n) is 12.6. The largest absolute Gasteiger partial charge is 0.429 e. The second-order valence-electron chi connectivity index (χ2n) is 9.68. The molecule has 1 nitrogen and oxygen atoms in total. The van der Waals surface area contributed by atoms with E-state index in [9.17, 15) is 30.7 Å². The summed E-state index contributed by atoms with van der Waals surface area (Å²) in [6.07, 6.45) is 3.41. The van der Waals surface area contributed by atoms with Crippen LogP contribution in [0.3, 0.4) is 0 Å². The second kappa shape index (κ2) is 11.6. The molecule has 38 heavy (non-hydrogen) atoms. The fourth-order valence-electron chi connectivity index (χ4n) is 5.01. The average molecular weight is 537 g/mol. The van der Waals surface area contributed by atoms with Crippen molar-refractivity contribution in [3.8, 4) is 16.9 Å². The van der Waals surface area contributed by atoms with Gasteiger partial charge in [-0.25, -0.2) is 22.0 Å².